The van der Waals surface area contributed by atoms with Crippen molar-refractivity contribution in [2.45, 2.75) is 26.3 Å². The summed E-state index contributed by atoms with van der Waals surface area (Å²) in [4.78, 5) is 30.4. The van der Waals surface area contributed by atoms with Gasteiger partial charge in [-0.05, 0) is 62.0 Å². The van der Waals surface area contributed by atoms with Gasteiger partial charge in [0.1, 0.15) is 31.3 Å². The van der Waals surface area contributed by atoms with Crippen molar-refractivity contribution in [2.24, 2.45) is 0 Å². The Balaban J connectivity index is 1.75. The van der Waals surface area contributed by atoms with Crippen LogP contribution in [0.1, 0.15) is 37.4 Å². The first-order chi connectivity index (χ1) is 18.0. The molecule has 37 heavy (non-hydrogen) atoms. The second-order valence-corrected chi connectivity index (χ2v) is 8.90. The second-order valence-electron chi connectivity index (χ2n) is 8.90. The molecule has 4 rings (SSSR count). The Kier molecular flexibility index (Phi) is 8.50. The number of hydrogen-bond acceptors (Lipinski definition) is 7. The quantitative estimate of drug-likeness (QED) is 0.212. The summed E-state index contributed by atoms with van der Waals surface area (Å²) in [7, 11) is 0. The topological polar surface area (TPSA) is 88.5 Å². The van der Waals surface area contributed by atoms with Gasteiger partial charge in [0.05, 0.1) is 11.6 Å². The number of aliphatic hydroxyl groups excluding tert-OH is 1. The van der Waals surface area contributed by atoms with Gasteiger partial charge in [-0.2, -0.15) is 0 Å². The number of carbonyl (C=O) groups is 2. The molecule has 0 radical (unpaired) electrons. The van der Waals surface area contributed by atoms with Crippen LogP contribution in [0.15, 0.2) is 60.7 Å². The molecule has 1 atom stereocenters. The van der Waals surface area contributed by atoms with Crippen molar-refractivity contribution < 1.29 is 28.9 Å². The van der Waals surface area contributed by atoms with E-state index in [2.05, 4.69) is 25.3 Å². The van der Waals surface area contributed by atoms with Crippen LogP contribution in [0.4, 0.5) is 0 Å². The standard InChI is InChI=1S/C29H34N2O6/c1-4-15-35-22-10-7-9-20(18-22)26-25(27(32)21-11-12-23-24(19-21)37-17-16-36-23)28(33)29(34)31(26)14-8-13-30(5-2)6-3/h4,7,9-12,18-19,26,32H,1,5-6,8,13-17H2,2-3H3/t26-/m1/s1. The van der Waals surface area contributed by atoms with Gasteiger partial charge in [0.2, 0.25) is 0 Å². The third-order valence-corrected chi connectivity index (χ3v) is 6.67. The van der Waals surface area contributed by atoms with E-state index in [1.54, 1.807) is 41.3 Å². The maximum atomic E-state index is 13.3. The smallest absolute Gasteiger partial charge is 0.295 e. The highest BCUT2D eigenvalue weighted by atomic mass is 16.6. The molecule has 0 aromatic heterocycles. The highest BCUT2D eigenvalue weighted by Gasteiger charge is 2.46. The summed E-state index contributed by atoms with van der Waals surface area (Å²) >= 11 is 0. The zero-order valence-corrected chi connectivity index (χ0v) is 21.4. The normalized spacial score (nSPS) is 18.4. The van der Waals surface area contributed by atoms with Gasteiger partial charge < -0.3 is 29.1 Å². The zero-order valence-electron chi connectivity index (χ0n) is 21.4. The van der Waals surface area contributed by atoms with Crippen LogP contribution in [0.3, 0.4) is 0 Å². The van der Waals surface area contributed by atoms with Crippen LogP contribution < -0.4 is 14.2 Å². The third-order valence-electron chi connectivity index (χ3n) is 6.67. The molecule has 0 aliphatic carbocycles. The number of benzene rings is 2. The van der Waals surface area contributed by atoms with Crippen LogP contribution in [-0.2, 0) is 9.59 Å². The molecule has 1 fully saturated rings. The summed E-state index contributed by atoms with van der Waals surface area (Å²) in [5.74, 6) is 0.0662. The van der Waals surface area contributed by atoms with Crippen LogP contribution >= 0.6 is 0 Å². The SMILES string of the molecule is C=CCOc1cccc([C@@H]2C(=C(O)c3ccc4c(c3)OCCO4)C(=O)C(=O)N2CCCN(CC)CC)c1. The molecule has 0 saturated carbocycles. The van der Waals surface area contributed by atoms with Crippen molar-refractivity contribution in [3.05, 3.63) is 71.8 Å². The van der Waals surface area contributed by atoms with Gasteiger partial charge in [-0.15, -0.1) is 0 Å². The molecule has 1 N–H and O–H groups in total. The van der Waals surface area contributed by atoms with Crippen LogP contribution in [0, 0.1) is 0 Å². The maximum Gasteiger partial charge on any atom is 0.295 e. The first-order valence-corrected chi connectivity index (χ1v) is 12.7. The molecule has 0 unspecified atom stereocenters. The predicted octanol–water partition coefficient (Wildman–Crippen LogP) is 4.18. The number of carbonyl (C=O) groups excluding carboxylic acids is 2. The van der Waals surface area contributed by atoms with E-state index in [0.717, 1.165) is 19.6 Å². The van der Waals surface area contributed by atoms with E-state index < -0.39 is 17.7 Å². The number of hydrogen-bond donors (Lipinski definition) is 1. The number of aliphatic hydroxyl groups is 1. The summed E-state index contributed by atoms with van der Waals surface area (Å²) in [5.41, 5.74) is 1.11. The molecule has 0 bridgehead atoms. The number of nitrogens with zero attached hydrogens (tertiary/aromatic N) is 2. The highest BCUT2D eigenvalue weighted by Crippen LogP contribution is 2.41. The molecule has 0 spiro atoms. The Morgan fingerprint density at radius 2 is 1.89 bits per heavy atom. The molecule has 2 aliphatic heterocycles. The van der Waals surface area contributed by atoms with Gasteiger partial charge in [-0.1, -0.05) is 38.6 Å². The van der Waals surface area contributed by atoms with Gasteiger partial charge in [0, 0.05) is 12.1 Å². The molecule has 196 valence electrons. The minimum absolute atomic E-state index is 0.0467. The molecule has 2 aromatic carbocycles. The molecule has 1 amide bonds. The van der Waals surface area contributed by atoms with Crippen molar-refractivity contribution in [3.63, 3.8) is 0 Å². The van der Waals surface area contributed by atoms with Crippen molar-refractivity contribution in [1.82, 2.24) is 9.80 Å². The van der Waals surface area contributed by atoms with E-state index in [-0.39, 0.29) is 11.3 Å². The Labute approximate surface area is 217 Å². The van der Waals surface area contributed by atoms with E-state index in [1.165, 1.54) is 0 Å². The first kappa shape index (κ1) is 26.3. The molecule has 1 saturated heterocycles. The molecule has 8 heteroatoms. The third kappa shape index (κ3) is 5.64. The monoisotopic (exact) mass is 506 g/mol. The summed E-state index contributed by atoms with van der Waals surface area (Å²) in [6.07, 6.45) is 2.34. The highest BCUT2D eigenvalue weighted by molar-refractivity contribution is 6.46. The average molecular weight is 507 g/mol. The Bertz CT molecular complexity index is 1190. The van der Waals surface area contributed by atoms with Crippen molar-refractivity contribution in [1.29, 1.82) is 0 Å². The number of Topliss-reactive ketones (excluding diaryl/α,β-unsaturated/α-hetero) is 1. The zero-order chi connectivity index (χ0) is 26.4. The Hall–Kier alpha value is -3.78. The number of fused-ring (bicyclic) bond motifs is 1. The van der Waals surface area contributed by atoms with Crippen molar-refractivity contribution in [2.75, 3.05) is 46.0 Å². The number of rotatable bonds is 11. The Morgan fingerprint density at radius 1 is 1.14 bits per heavy atom. The van der Waals surface area contributed by atoms with Gasteiger partial charge in [0.15, 0.2) is 11.5 Å². The van der Waals surface area contributed by atoms with Crippen molar-refractivity contribution >= 4 is 17.4 Å². The van der Waals surface area contributed by atoms with Gasteiger partial charge in [-0.3, -0.25) is 9.59 Å². The summed E-state index contributed by atoms with van der Waals surface area (Å²) in [6.45, 7) is 12.0. The van der Waals surface area contributed by atoms with E-state index >= 15 is 0 Å². The van der Waals surface area contributed by atoms with E-state index in [0.29, 0.717) is 61.2 Å². The fourth-order valence-electron chi connectivity index (χ4n) is 4.74. The molecule has 2 aliphatic rings. The maximum absolute atomic E-state index is 13.3. The Morgan fingerprint density at radius 3 is 2.62 bits per heavy atom. The lowest BCUT2D eigenvalue weighted by Crippen LogP contribution is -2.33. The minimum Gasteiger partial charge on any atom is -0.507 e. The predicted molar refractivity (Wildman–Crippen MR) is 141 cm³/mol. The summed E-state index contributed by atoms with van der Waals surface area (Å²) in [6, 6.07) is 11.5. The molecule has 8 nitrogen and oxygen atoms in total. The number of amides is 1. The van der Waals surface area contributed by atoms with Crippen molar-refractivity contribution in [3.8, 4) is 17.2 Å². The fraction of sp³-hybridized carbons (Fsp3) is 0.379. The van der Waals surface area contributed by atoms with E-state index in [1.807, 2.05) is 12.1 Å². The van der Waals surface area contributed by atoms with E-state index in [9.17, 15) is 14.7 Å². The molecular formula is C29H34N2O6. The lowest BCUT2D eigenvalue weighted by atomic mass is 9.95. The minimum atomic E-state index is -0.753. The van der Waals surface area contributed by atoms with Crippen LogP contribution in [0.5, 0.6) is 17.2 Å². The largest absolute Gasteiger partial charge is 0.507 e. The number of ketones is 1. The first-order valence-electron chi connectivity index (χ1n) is 12.7. The van der Waals surface area contributed by atoms with Crippen LogP contribution in [0.25, 0.3) is 5.76 Å². The lowest BCUT2D eigenvalue weighted by Gasteiger charge is -2.27. The van der Waals surface area contributed by atoms with E-state index in [4.69, 9.17) is 14.2 Å². The molecule has 2 heterocycles. The lowest BCUT2D eigenvalue weighted by molar-refractivity contribution is -0.140. The van der Waals surface area contributed by atoms with Gasteiger partial charge in [-0.25, -0.2) is 0 Å². The number of likely N-dealkylation sites (tertiary alicyclic amines) is 1. The van der Waals surface area contributed by atoms with Gasteiger partial charge >= 0.3 is 0 Å². The fourth-order valence-corrected chi connectivity index (χ4v) is 4.74. The average Bonchev–Trinajstić information content (AvgIpc) is 3.18. The van der Waals surface area contributed by atoms with Crippen LogP contribution in [0.2, 0.25) is 0 Å². The van der Waals surface area contributed by atoms with Crippen LogP contribution in [-0.4, -0.2) is 72.6 Å². The summed E-state index contributed by atoms with van der Waals surface area (Å²) < 4.78 is 16.9. The molecular weight excluding hydrogens is 472 g/mol. The summed E-state index contributed by atoms with van der Waals surface area (Å²) in [5, 5.41) is 11.4. The number of ether oxygens (including phenoxy) is 3. The van der Waals surface area contributed by atoms with Gasteiger partial charge in [0.25, 0.3) is 11.7 Å². The second kappa shape index (κ2) is 12.0. The molecule has 2 aromatic rings.